The smallest absolute Gasteiger partial charge is 0.317 e. The van der Waals surface area contributed by atoms with Gasteiger partial charge in [0.1, 0.15) is 10.8 Å². The molecular weight excluding hydrogens is 419 g/mol. The highest BCUT2D eigenvalue weighted by atomic mass is 32.1. The molecule has 7 nitrogen and oxygen atoms in total. The molecule has 1 aliphatic rings. The van der Waals surface area contributed by atoms with Crippen LogP contribution in [0, 0.1) is 11.7 Å². The number of benzene rings is 1. The summed E-state index contributed by atoms with van der Waals surface area (Å²) in [5, 5.41) is 3.77. The van der Waals surface area contributed by atoms with E-state index < -0.39 is 0 Å². The average Bonchev–Trinajstić information content (AvgIpc) is 3.21. The van der Waals surface area contributed by atoms with E-state index in [1.165, 1.54) is 35.6 Å². The molecule has 2 amide bonds. The summed E-state index contributed by atoms with van der Waals surface area (Å²) < 4.78 is 18.1. The quantitative estimate of drug-likeness (QED) is 0.597. The molecule has 168 valence electrons. The Morgan fingerprint density at radius 2 is 2.00 bits per heavy atom. The molecule has 0 unspecified atom stereocenters. The predicted octanol–water partition coefficient (Wildman–Crippen LogP) is 3.16. The number of Topliss-reactive ketones (excluding diaryl/α,β-unsaturated/α-hetero) is 1. The predicted molar refractivity (Wildman–Crippen MR) is 118 cm³/mol. The zero-order valence-corrected chi connectivity index (χ0v) is 18.8. The van der Waals surface area contributed by atoms with Crippen LogP contribution in [0.4, 0.5) is 9.18 Å². The first-order chi connectivity index (χ1) is 14.9. The summed E-state index contributed by atoms with van der Waals surface area (Å²) in [4.78, 5) is 33.9. The molecule has 0 saturated carbocycles. The molecule has 1 saturated heterocycles. The maximum atomic E-state index is 13.0. The zero-order valence-electron chi connectivity index (χ0n) is 18.0. The Morgan fingerprint density at radius 3 is 2.68 bits per heavy atom. The maximum absolute atomic E-state index is 13.0. The van der Waals surface area contributed by atoms with Crippen molar-refractivity contribution in [1.82, 2.24) is 20.1 Å². The minimum Gasteiger partial charge on any atom is -0.379 e. The Bertz CT molecular complexity index is 866. The van der Waals surface area contributed by atoms with E-state index in [1.807, 2.05) is 0 Å². The van der Waals surface area contributed by atoms with Crippen LogP contribution in [0.3, 0.4) is 0 Å². The molecular formula is C22H29FN4O3S. The van der Waals surface area contributed by atoms with Crippen LogP contribution in [0.25, 0.3) is 0 Å². The molecule has 0 aliphatic carbocycles. The summed E-state index contributed by atoms with van der Waals surface area (Å²) in [5.74, 6) is 0.0693. The summed E-state index contributed by atoms with van der Waals surface area (Å²) in [6.45, 7) is 3.58. The van der Waals surface area contributed by atoms with Gasteiger partial charge in [0.2, 0.25) is 0 Å². The van der Waals surface area contributed by atoms with E-state index in [9.17, 15) is 14.0 Å². The number of nitrogens with zero attached hydrogens (tertiary/aromatic N) is 3. The van der Waals surface area contributed by atoms with Crippen LogP contribution >= 0.6 is 11.3 Å². The van der Waals surface area contributed by atoms with E-state index in [-0.39, 0.29) is 17.6 Å². The number of methoxy groups -OCH3 is 1. The fourth-order valence-electron chi connectivity index (χ4n) is 3.65. The maximum Gasteiger partial charge on any atom is 0.317 e. The Hall–Kier alpha value is -2.36. The van der Waals surface area contributed by atoms with E-state index in [2.05, 4.69) is 15.2 Å². The fraction of sp³-hybridized carbons (Fsp3) is 0.500. The second-order valence-electron chi connectivity index (χ2n) is 7.84. The molecule has 1 N–H and O–H groups in total. The van der Waals surface area contributed by atoms with E-state index in [0.29, 0.717) is 37.7 Å². The van der Waals surface area contributed by atoms with Gasteiger partial charge in [-0.05, 0) is 56.1 Å². The number of nitrogens with one attached hydrogen (secondary N) is 1. The molecule has 0 bridgehead atoms. The van der Waals surface area contributed by atoms with E-state index >= 15 is 0 Å². The number of ketones is 1. The van der Waals surface area contributed by atoms with Crippen molar-refractivity contribution in [3.63, 3.8) is 0 Å². The van der Waals surface area contributed by atoms with Crippen molar-refractivity contribution in [1.29, 1.82) is 0 Å². The highest BCUT2D eigenvalue weighted by Gasteiger charge is 2.23. The summed E-state index contributed by atoms with van der Waals surface area (Å²) >= 11 is 1.53. The molecule has 1 aliphatic heterocycles. The number of carbonyl (C=O) groups excluding carboxylic acids is 2. The van der Waals surface area contributed by atoms with Gasteiger partial charge in [-0.3, -0.25) is 9.69 Å². The number of likely N-dealkylation sites (tertiary alicyclic amines) is 1. The highest BCUT2D eigenvalue weighted by Crippen LogP contribution is 2.19. The number of ether oxygens (including phenoxy) is 1. The first-order valence-corrected chi connectivity index (χ1v) is 11.2. The number of aromatic nitrogens is 1. The molecule has 1 aromatic carbocycles. The second kappa shape index (κ2) is 11.3. The number of rotatable bonds is 9. The van der Waals surface area contributed by atoms with E-state index in [4.69, 9.17) is 4.74 Å². The van der Waals surface area contributed by atoms with Crippen LogP contribution in [0.1, 0.15) is 33.1 Å². The lowest BCUT2D eigenvalue weighted by molar-refractivity contribution is 0.0886. The highest BCUT2D eigenvalue weighted by molar-refractivity contribution is 7.11. The summed E-state index contributed by atoms with van der Waals surface area (Å²) in [6.07, 6.45) is 3.64. The number of thiazole rings is 1. The third-order valence-corrected chi connectivity index (χ3v) is 6.37. The number of hydrogen-bond acceptors (Lipinski definition) is 6. The monoisotopic (exact) mass is 448 g/mol. The Balaban J connectivity index is 1.36. The fourth-order valence-corrected chi connectivity index (χ4v) is 4.49. The van der Waals surface area contributed by atoms with Crippen LogP contribution in [0.5, 0.6) is 0 Å². The summed E-state index contributed by atoms with van der Waals surface area (Å²) in [6, 6.07) is 5.57. The lowest BCUT2D eigenvalue weighted by Gasteiger charge is -2.33. The number of carbonyl (C=O) groups is 2. The number of amides is 2. The van der Waals surface area contributed by atoms with Crippen molar-refractivity contribution >= 4 is 23.2 Å². The lowest BCUT2D eigenvalue weighted by atomic mass is 9.96. The minimum absolute atomic E-state index is 0.00536. The topological polar surface area (TPSA) is 74.8 Å². The Morgan fingerprint density at radius 1 is 1.29 bits per heavy atom. The largest absolute Gasteiger partial charge is 0.379 e. The Kier molecular flexibility index (Phi) is 8.51. The van der Waals surface area contributed by atoms with Gasteiger partial charge in [-0.2, -0.15) is 0 Å². The van der Waals surface area contributed by atoms with Gasteiger partial charge in [0.25, 0.3) is 0 Å². The van der Waals surface area contributed by atoms with Gasteiger partial charge in [-0.25, -0.2) is 14.2 Å². The first kappa shape index (κ1) is 23.3. The van der Waals surface area contributed by atoms with Gasteiger partial charge in [0.15, 0.2) is 5.78 Å². The minimum atomic E-state index is -0.340. The van der Waals surface area contributed by atoms with Crippen molar-refractivity contribution in [2.24, 2.45) is 5.92 Å². The van der Waals surface area contributed by atoms with Crippen molar-refractivity contribution in [2.45, 2.75) is 26.0 Å². The van der Waals surface area contributed by atoms with Gasteiger partial charge in [0.05, 0.1) is 24.6 Å². The molecule has 1 aromatic heterocycles. The van der Waals surface area contributed by atoms with Crippen LogP contribution in [-0.4, -0.2) is 66.9 Å². The number of piperidine rings is 1. The van der Waals surface area contributed by atoms with Gasteiger partial charge in [-0.1, -0.05) is 0 Å². The number of halogens is 1. The number of hydrogen-bond donors (Lipinski definition) is 1. The van der Waals surface area contributed by atoms with Gasteiger partial charge < -0.3 is 15.0 Å². The van der Waals surface area contributed by atoms with Crippen molar-refractivity contribution < 1.29 is 18.7 Å². The van der Waals surface area contributed by atoms with E-state index in [1.54, 1.807) is 25.3 Å². The van der Waals surface area contributed by atoms with Crippen molar-refractivity contribution in [3.8, 4) is 0 Å². The second-order valence-corrected chi connectivity index (χ2v) is 9.04. The van der Waals surface area contributed by atoms with Crippen molar-refractivity contribution in [3.05, 3.63) is 51.7 Å². The zero-order chi connectivity index (χ0) is 22.2. The van der Waals surface area contributed by atoms with Gasteiger partial charge >= 0.3 is 6.03 Å². The summed E-state index contributed by atoms with van der Waals surface area (Å²) in [5.41, 5.74) is 0.537. The van der Waals surface area contributed by atoms with Crippen LogP contribution in [-0.2, 0) is 17.9 Å². The standard InChI is InChI=1S/C22H29FN4O3S/c1-26(22(29)25-12-21-24-11-19(31-21)15-30-2)13-16-7-9-27(10-8-16)14-20(28)17-3-5-18(23)6-4-17/h3-6,11,16H,7-10,12-15H2,1-2H3,(H,25,29). The third-order valence-electron chi connectivity index (χ3n) is 5.40. The lowest BCUT2D eigenvalue weighted by Crippen LogP contribution is -2.43. The van der Waals surface area contributed by atoms with Crippen LogP contribution < -0.4 is 5.32 Å². The molecule has 0 atom stereocenters. The SMILES string of the molecule is COCc1cnc(CNC(=O)N(C)CC2CCN(CC(=O)c3ccc(F)cc3)CC2)s1. The molecule has 1 fully saturated rings. The average molecular weight is 449 g/mol. The normalized spacial score (nSPS) is 15.1. The molecule has 2 heterocycles. The first-order valence-electron chi connectivity index (χ1n) is 10.4. The van der Waals surface area contributed by atoms with Gasteiger partial charge in [-0.15, -0.1) is 11.3 Å². The third kappa shape index (κ3) is 7.09. The Labute approximate surface area is 186 Å². The summed E-state index contributed by atoms with van der Waals surface area (Å²) in [7, 11) is 3.45. The van der Waals surface area contributed by atoms with Crippen LogP contribution in [0.15, 0.2) is 30.5 Å². The molecule has 9 heteroatoms. The molecule has 0 radical (unpaired) electrons. The van der Waals surface area contributed by atoms with Crippen LogP contribution in [0.2, 0.25) is 0 Å². The van der Waals surface area contributed by atoms with E-state index in [0.717, 1.165) is 35.8 Å². The van der Waals surface area contributed by atoms with Gasteiger partial charge in [0, 0.05) is 32.5 Å². The number of urea groups is 1. The molecule has 2 aromatic rings. The molecule has 31 heavy (non-hydrogen) atoms. The molecule has 0 spiro atoms. The van der Waals surface area contributed by atoms with Crippen molar-refractivity contribution in [2.75, 3.05) is 40.3 Å². The molecule has 3 rings (SSSR count).